The van der Waals surface area contributed by atoms with Crippen LogP contribution < -0.4 is 14.8 Å². The second kappa shape index (κ2) is 7.81. The molecule has 1 aliphatic heterocycles. The minimum Gasteiger partial charge on any atom is -0.476 e. The summed E-state index contributed by atoms with van der Waals surface area (Å²) in [4.78, 5) is 8.24. The quantitative estimate of drug-likeness (QED) is 0.920. The van der Waals surface area contributed by atoms with E-state index in [-0.39, 0.29) is 12.4 Å². The van der Waals surface area contributed by atoms with Gasteiger partial charge in [-0.2, -0.15) is 0 Å². The maximum absolute atomic E-state index is 5.65. The van der Waals surface area contributed by atoms with Gasteiger partial charge in [0.15, 0.2) is 0 Å². The Bertz CT molecular complexity index is 530. The van der Waals surface area contributed by atoms with Gasteiger partial charge in [0.1, 0.15) is 18.1 Å². The van der Waals surface area contributed by atoms with Crippen LogP contribution in [-0.4, -0.2) is 29.2 Å². The first-order valence-corrected chi connectivity index (χ1v) is 6.80. The molecule has 6 heteroatoms. The summed E-state index contributed by atoms with van der Waals surface area (Å²) in [6, 6.07) is 7.79. The van der Waals surface area contributed by atoms with Crippen molar-refractivity contribution >= 4 is 12.4 Å². The standard InChI is InChI=1S/C15H17N3O2.ClH/c1-3-12(17-8-1)11-19-15-6-5-14(10-18-15)20-13-4-2-7-16-9-13;/h2,4-7,9-10,12,17H,1,3,8,11H2;1H/t12-;/m1./s1. The molecule has 2 aromatic rings. The van der Waals surface area contributed by atoms with E-state index >= 15 is 0 Å². The van der Waals surface area contributed by atoms with Crippen LogP contribution in [-0.2, 0) is 0 Å². The Morgan fingerprint density at radius 1 is 1.19 bits per heavy atom. The number of ether oxygens (including phenoxy) is 2. The van der Waals surface area contributed by atoms with E-state index in [4.69, 9.17) is 9.47 Å². The van der Waals surface area contributed by atoms with Crippen LogP contribution in [0.2, 0.25) is 0 Å². The van der Waals surface area contributed by atoms with Crippen LogP contribution in [0.15, 0.2) is 42.9 Å². The molecule has 21 heavy (non-hydrogen) atoms. The molecule has 0 unspecified atom stereocenters. The highest BCUT2D eigenvalue weighted by Crippen LogP contribution is 2.21. The fourth-order valence-electron chi connectivity index (χ4n) is 2.14. The molecular weight excluding hydrogens is 290 g/mol. The number of hydrogen-bond donors (Lipinski definition) is 1. The van der Waals surface area contributed by atoms with Crippen molar-refractivity contribution in [1.29, 1.82) is 0 Å². The Labute approximate surface area is 130 Å². The summed E-state index contributed by atoms with van der Waals surface area (Å²) >= 11 is 0. The molecule has 0 radical (unpaired) electrons. The van der Waals surface area contributed by atoms with Crippen LogP contribution >= 0.6 is 12.4 Å². The summed E-state index contributed by atoms with van der Waals surface area (Å²) < 4.78 is 11.3. The summed E-state index contributed by atoms with van der Waals surface area (Å²) in [5.74, 6) is 1.99. The molecule has 0 spiro atoms. The summed E-state index contributed by atoms with van der Waals surface area (Å²) in [5.41, 5.74) is 0. The first kappa shape index (κ1) is 15.5. The predicted octanol–water partition coefficient (Wildman–Crippen LogP) is 2.82. The van der Waals surface area contributed by atoms with E-state index in [0.717, 1.165) is 6.54 Å². The van der Waals surface area contributed by atoms with Gasteiger partial charge in [0, 0.05) is 18.3 Å². The lowest BCUT2D eigenvalue weighted by molar-refractivity contribution is 0.267. The fourth-order valence-corrected chi connectivity index (χ4v) is 2.14. The molecule has 0 bridgehead atoms. The summed E-state index contributed by atoms with van der Waals surface area (Å²) in [5, 5.41) is 3.39. The first-order chi connectivity index (χ1) is 9.90. The van der Waals surface area contributed by atoms with Gasteiger partial charge in [-0.05, 0) is 37.6 Å². The van der Waals surface area contributed by atoms with Gasteiger partial charge in [0.2, 0.25) is 5.88 Å². The molecule has 2 aromatic heterocycles. The van der Waals surface area contributed by atoms with Crippen LogP contribution in [0.5, 0.6) is 17.4 Å². The molecule has 0 saturated carbocycles. The molecular formula is C15H18ClN3O2. The van der Waals surface area contributed by atoms with Crippen molar-refractivity contribution in [3.05, 3.63) is 42.9 Å². The highest BCUT2D eigenvalue weighted by Gasteiger charge is 2.14. The average Bonchev–Trinajstić information content (AvgIpc) is 3.01. The maximum atomic E-state index is 5.65. The number of hydrogen-bond acceptors (Lipinski definition) is 5. The van der Waals surface area contributed by atoms with Crippen molar-refractivity contribution in [3.8, 4) is 17.4 Å². The molecule has 3 heterocycles. The van der Waals surface area contributed by atoms with Crippen molar-refractivity contribution in [2.75, 3.05) is 13.2 Å². The van der Waals surface area contributed by atoms with E-state index in [1.165, 1.54) is 12.8 Å². The summed E-state index contributed by atoms with van der Waals surface area (Å²) in [6.07, 6.45) is 7.42. The minimum absolute atomic E-state index is 0. The van der Waals surface area contributed by atoms with Crippen LogP contribution in [0.3, 0.4) is 0 Å². The molecule has 1 saturated heterocycles. The molecule has 112 valence electrons. The maximum Gasteiger partial charge on any atom is 0.213 e. The highest BCUT2D eigenvalue weighted by atomic mass is 35.5. The van der Waals surface area contributed by atoms with E-state index in [0.29, 0.717) is 30.0 Å². The zero-order chi connectivity index (χ0) is 13.6. The molecule has 0 amide bonds. The second-order valence-corrected chi connectivity index (χ2v) is 4.73. The zero-order valence-electron chi connectivity index (χ0n) is 11.6. The number of nitrogens with one attached hydrogen (secondary N) is 1. The van der Waals surface area contributed by atoms with Crippen molar-refractivity contribution in [3.63, 3.8) is 0 Å². The molecule has 0 aromatic carbocycles. The Kier molecular flexibility index (Phi) is 5.78. The molecule has 3 rings (SSSR count). The lowest BCUT2D eigenvalue weighted by Crippen LogP contribution is -2.28. The predicted molar refractivity (Wildman–Crippen MR) is 82.3 cm³/mol. The first-order valence-electron chi connectivity index (χ1n) is 6.80. The third kappa shape index (κ3) is 4.58. The summed E-state index contributed by atoms with van der Waals surface area (Å²) in [7, 11) is 0. The Balaban J connectivity index is 0.00000161. The van der Waals surface area contributed by atoms with E-state index < -0.39 is 0 Å². The lowest BCUT2D eigenvalue weighted by Gasteiger charge is -2.11. The number of aromatic nitrogens is 2. The van der Waals surface area contributed by atoms with E-state index in [2.05, 4.69) is 15.3 Å². The smallest absolute Gasteiger partial charge is 0.213 e. The number of nitrogens with zero attached hydrogens (tertiary/aromatic N) is 2. The minimum atomic E-state index is 0. The normalized spacial score (nSPS) is 17.0. The van der Waals surface area contributed by atoms with Crippen LogP contribution in [0.25, 0.3) is 0 Å². The third-order valence-corrected chi connectivity index (χ3v) is 3.17. The monoisotopic (exact) mass is 307 g/mol. The van der Waals surface area contributed by atoms with Gasteiger partial charge in [-0.25, -0.2) is 4.98 Å². The largest absolute Gasteiger partial charge is 0.476 e. The van der Waals surface area contributed by atoms with Gasteiger partial charge < -0.3 is 14.8 Å². The zero-order valence-corrected chi connectivity index (χ0v) is 12.4. The van der Waals surface area contributed by atoms with Crippen LogP contribution in [0, 0.1) is 0 Å². The number of rotatable bonds is 5. The Morgan fingerprint density at radius 3 is 2.76 bits per heavy atom. The second-order valence-electron chi connectivity index (χ2n) is 4.73. The molecule has 0 aliphatic carbocycles. The number of halogens is 1. The molecule has 1 fully saturated rings. The van der Waals surface area contributed by atoms with Crippen LogP contribution in [0.4, 0.5) is 0 Å². The molecule has 5 nitrogen and oxygen atoms in total. The summed E-state index contributed by atoms with van der Waals surface area (Å²) in [6.45, 7) is 1.75. The van der Waals surface area contributed by atoms with Crippen molar-refractivity contribution in [1.82, 2.24) is 15.3 Å². The van der Waals surface area contributed by atoms with Gasteiger partial charge in [-0.15, -0.1) is 12.4 Å². The van der Waals surface area contributed by atoms with Crippen LogP contribution in [0.1, 0.15) is 12.8 Å². The van der Waals surface area contributed by atoms with Crippen molar-refractivity contribution in [2.24, 2.45) is 0 Å². The van der Waals surface area contributed by atoms with Gasteiger partial charge in [-0.1, -0.05) is 0 Å². The third-order valence-electron chi connectivity index (χ3n) is 3.17. The average molecular weight is 308 g/mol. The lowest BCUT2D eigenvalue weighted by atomic mass is 10.2. The van der Waals surface area contributed by atoms with E-state index in [1.807, 2.05) is 24.3 Å². The van der Waals surface area contributed by atoms with Gasteiger partial charge in [0.05, 0.1) is 12.4 Å². The van der Waals surface area contributed by atoms with E-state index in [9.17, 15) is 0 Å². The molecule has 1 N–H and O–H groups in total. The molecule has 1 aliphatic rings. The molecule has 1 atom stereocenters. The van der Waals surface area contributed by atoms with Crippen molar-refractivity contribution < 1.29 is 9.47 Å². The fraction of sp³-hybridized carbons (Fsp3) is 0.333. The Hall–Kier alpha value is -1.85. The topological polar surface area (TPSA) is 56.3 Å². The van der Waals surface area contributed by atoms with Gasteiger partial charge in [0.25, 0.3) is 0 Å². The van der Waals surface area contributed by atoms with E-state index in [1.54, 1.807) is 18.6 Å². The number of pyridine rings is 2. The van der Waals surface area contributed by atoms with Crippen molar-refractivity contribution in [2.45, 2.75) is 18.9 Å². The highest BCUT2D eigenvalue weighted by molar-refractivity contribution is 5.85. The van der Waals surface area contributed by atoms with Gasteiger partial charge >= 0.3 is 0 Å². The Morgan fingerprint density at radius 2 is 2.10 bits per heavy atom. The SMILES string of the molecule is Cl.c1cncc(Oc2ccc(OC[C@H]3CCCN3)nc2)c1. The van der Waals surface area contributed by atoms with Gasteiger partial charge in [-0.3, -0.25) is 4.98 Å².